The van der Waals surface area contributed by atoms with Gasteiger partial charge in [0.2, 0.25) is 0 Å². The third-order valence-electron chi connectivity index (χ3n) is 1.89. The van der Waals surface area contributed by atoms with Gasteiger partial charge in [-0.15, -0.1) is 11.8 Å². The average molecular weight is 284 g/mol. The molecule has 0 heterocycles. The van der Waals surface area contributed by atoms with Gasteiger partial charge in [-0.2, -0.15) is 0 Å². The summed E-state index contributed by atoms with van der Waals surface area (Å²) >= 11 is 3.20. The SMILES string of the molecule is CC#CCCNC(=O)c1cc(F)ccc1Br. The minimum absolute atomic E-state index is 0.296. The zero-order chi connectivity index (χ0) is 12.0. The summed E-state index contributed by atoms with van der Waals surface area (Å²) < 4.78 is 13.5. The highest BCUT2D eigenvalue weighted by atomic mass is 79.9. The van der Waals surface area contributed by atoms with Crippen molar-refractivity contribution in [3.05, 3.63) is 34.1 Å². The van der Waals surface area contributed by atoms with Crippen LogP contribution in [0.2, 0.25) is 0 Å². The van der Waals surface area contributed by atoms with Crippen molar-refractivity contribution in [2.45, 2.75) is 13.3 Å². The average Bonchev–Trinajstić information content (AvgIpc) is 2.27. The molecule has 0 fully saturated rings. The highest BCUT2D eigenvalue weighted by Gasteiger charge is 2.09. The van der Waals surface area contributed by atoms with E-state index in [4.69, 9.17) is 0 Å². The topological polar surface area (TPSA) is 29.1 Å². The summed E-state index contributed by atoms with van der Waals surface area (Å²) in [5, 5.41) is 2.66. The number of rotatable bonds is 3. The maximum atomic E-state index is 12.9. The maximum absolute atomic E-state index is 12.9. The van der Waals surface area contributed by atoms with Gasteiger partial charge in [0.15, 0.2) is 0 Å². The number of benzene rings is 1. The largest absolute Gasteiger partial charge is 0.351 e. The van der Waals surface area contributed by atoms with Crippen molar-refractivity contribution in [3.8, 4) is 11.8 Å². The molecular weight excluding hydrogens is 273 g/mol. The normalized spacial score (nSPS) is 9.19. The second-order valence-corrected chi connectivity index (χ2v) is 3.91. The van der Waals surface area contributed by atoms with Crippen LogP contribution in [0.15, 0.2) is 22.7 Å². The van der Waals surface area contributed by atoms with Gasteiger partial charge in [0.25, 0.3) is 5.91 Å². The Morgan fingerprint density at radius 3 is 3.00 bits per heavy atom. The van der Waals surface area contributed by atoms with E-state index in [-0.39, 0.29) is 5.91 Å². The van der Waals surface area contributed by atoms with E-state index < -0.39 is 5.82 Å². The van der Waals surface area contributed by atoms with E-state index in [1.165, 1.54) is 18.2 Å². The first-order valence-corrected chi connectivity index (χ1v) is 5.57. The molecule has 0 atom stereocenters. The first-order chi connectivity index (χ1) is 7.65. The Morgan fingerprint density at radius 2 is 2.31 bits per heavy atom. The van der Waals surface area contributed by atoms with Gasteiger partial charge in [0.05, 0.1) is 5.56 Å². The van der Waals surface area contributed by atoms with Gasteiger partial charge in [-0.05, 0) is 41.1 Å². The molecule has 0 aliphatic rings. The Kier molecular flexibility index (Phi) is 5.00. The predicted molar refractivity (Wildman–Crippen MR) is 64.5 cm³/mol. The number of halogens is 2. The van der Waals surface area contributed by atoms with Crippen molar-refractivity contribution in [1.29, 1.82) is 0 Å². The number of nitrogens with one attached hydrogen (secondary N) is 1. The second-order valence-electron chi connectivity index (χ2n) is 3.06. The Balaban J connectivity index is 2.64. The fourth-order valence-corrected chi connectivity index (χ4v) is 1.56. The van der Waals surface area contributed by atoms with Gasteiger partial charge in [-0.1, -0.05) is 0 Å². The molecule has 1 rings (SSSR count). The lowest BCUT2D eigenvalue weighted by Crippen LogP contribution is -2.24. The lowest BCUT2D eigenvalue weighted by atomic mass is 10.2. The van der Waals surface area contributed by atoms with Crippen LogP contribution in [-0.4, -0.2) is 12.5 Å². The fraction of sp³-hybridized carbons (Fsp3) is 0.250. The molecule has 2 nitrogen and oxygen atoms in total. The fourth-order valence-electron chi connectivity index (χ4n) is 1.13. The van der Waals surface area contributed by atoms with E-state index in [0.717, 1.165) is 0 Å². The molecule has 0 saturated heterocycles. The molecule has 0 spiro atoms. The molecule has 0 aliphatic heterocycles. The van der Waals surface area contributed by atoms with Gasteiger partial charge in [0.1, 0.15) is 5.82 Å². The number of carbonyl (C=O) groups excluding carboxylic acids is 1. The minimum atomic E-state index is -0.429. The van der Waals surface area contributed by atoms with E-state index in [2.05, 4.69) is 33.1 Å². The molecular formula is C12H11BrFNO. The lowest BCUT2D eigenvalue weighted by Gasteiger charge is -2.05. The predicted octanol–water partition coefficient (Wildman–Crippen LogP) is 2.73. The molecule has 0 aliphatic carbocycles. The van der Waals surface area contributed by atoms with Crippen LogP contribution in [0.25, 0.3) is 0 Å². The highest BCUT2D eigenvalue weighted by molar-refractivity contribution is 9.10. The third-order valence-corrected chi connectivity index (χ3v) is 2.58. The van der Waals surface area contributed by atoms with Crippen LogP contribution in [0.3, 0.4) is 0 Å². The molecule has 16 heavy (non-hydrogen) atoms. The molecule has 0 aromatic heterocycles. The molecule has 0 radical (unpaired) electrons. The Bertz CT molecular complexity index is 448. The van der Waals surface area contributed by atoms with Gasteiger partial charge in [-0.3, -0.25) is 4.79 Å². The van der Waals surface area contributed by atoms with Crippen molar-refractivity contribution >= 4 is 21.8 Å². The van der Waals surface area contributed by atoms with Gasteiger partial charge in [0, 0.05) is 17.4 Å². The van der Waals surface area contributed by atoms with Crippen LogP contribution in [0, 0.1) is 17.7 Å². The number of amides is 1. The van der Waals surface area contributed by atoms with E-state index >= 15 is 0 Å². The van der Waals surface area contributed by atoms with E-state index in [1.54, 1.807) is 6.92 Å². The van der Waals surface area contributed by atoms with Crippen LogP contribution in [0.1, 0.15) is 23.7 Å². The van der Waals surface area contributed by atoms with Crippen LogP contribution >= 0.6 is 15.9 Å². The molecule has 1 amide bonds. The third kappa shape index (κ3) is 3.67. The zero-order valence-electron chi connectivity index (χ0n) is 8.81. The Morgan fingerprint density at radius 1 is 1.56 bits per heavy atom. The van der Waals surface area contributed by atoms with Crippen LogP contribution in [0.4, 0.5) is 4.39 Å². The molecule has 0 unspecified atom stereocenters. The molecule has 84 valence electrons. The smallest absolute Gasteiger partial charge is 0.252 e. The van der Waals surface area contributed by atoms with Crippen LogP contribution in [0.5, 0.6) is 0 Å². The molecule has 4 heteroatoms. The molecule has 1 N–H and O–H groups in total. The molecule has 0 bridgehead atoms. The van der Waals surface area contributed by atoms with Crippen LogP contribution < -0.4 is 5.32 Å². The van der Waals surface area contributed by atoms with Gasteiger partial charge < -0.3 is 5.32 Å². The maximum Gasteiger partial charge on any atom is 0.252 e. The molecule has 1 aromatic rings. The van der Waals surface area contributed by atoms with Crippen molar-refractivity contribution in [1.82, 2.24) is 5.32 Å². The quantitative estimate of drug-likeness (QED) is 0.671. The standard InChI is InChI=1S/C12H11BrFNO/c1-2-3-4-7-15-12(16)10-8-9(14)5-6-11(10)13/h5-6,8H,4,7H2,1H3,(H,15,16). The Labute approximate surface area is 102 Å². The first kappa shape index (κ1) is 12.7. The summed E-state index contributed by atoms with van der Waals surface area (Å²) in [6.45, 7) is 2.20. The summed E-state index contributed by atoms with van der Waals surface area (Å²) in [7, 11) is 0. The summed E-state index contributed by atoms with van der Waals surface area (Å²) in [4.78, 5) is 11.6. The number of hydrogen-bond donors (Lipinski definition) is 1. The number of hydrogen-bond acceptors (Lipinski definition) is 1. The zero-order valence-corrected chi connectivity index (χ0v) is 10.4. The van der Waals surface area contributed by atoms with E-state index in [0.29, 0.717) is 23.0 Å². The van der Waals surface area contributed by atoms with Crippen molar-refractivity contribution in [3.63, 3.8) is 0 Å². The summed E-state index contributed by atoms with van der Waals surface area (Å²) in [5.41, 5.74) is 0.296. The second kappa shape index (κ2) is 6.29. The van der Waals surface area contributed by atoms with E-state index in [9.17, 15) is 9.18 Å². The summed E-state index contributed by atoms with van der Waals surface area (Å²) in [5.74, 6) is 4.83. The van der Waals surface area contributed by atoms with Gasteiger partial charge >= 0.3 is 0 Å². The van der Waals surface area contributed by atoms with Crippen LogP contribution in [-0.2, 0) is 0 Å². The summed E-state index contributed by atoms with van der Waals surface area (Å²) in [6.07, 6.45) is 0.592. The monoisotopic (exact) mass is 283 g/mol. The van der Waals surface area contributed by atoms with Crippen molar-refractivity contribution in [2.75, 3.05) is 6.54 Å². The first-order valence-electron chi connectivity index (χ1n) is 4.78. The number of carbonyl (C=O) groups is 1. The van der Waals surface area contributed by atoms with E-state index in [1.807, 2.05) is 0 Å². The molecule has 0 saturated carbocycles. The highest BCUT2D eigenvalue weighted by Crippen LogP contribution is 2.17. The summed E-state index contributed by atoms with van der Waals surface area (Å²) in [6, 6.07) is 4.00. The van der Waals surface area contributed by atoms with Crippen molar-refractivity contribution < 1.29 is 9.18 Å². The molecule has 1 aromatic carbocycles. The lowest BCUT2D eigenvalue weighted by molar-refractivity contribution is 0.0953. The minimum Gasteiger partial charge on any atom is -0.351 e. The van der Waals surface area contributed by atoms with Crippen molar-refractivity contribution in [2.24, 2.45) is 0 Å². The van der Waals surface area contributed by atoms with Gasteiger partial charge in [-0.25, -0.2) is 4.39 Å². The Hall–Kier alpha value is -1.34.